The third kappa shape index (κ3) is 3.19. The monoisotopic (exact) mass is 357 g/mol. The molecule has 4 aromatic rings. The Morgan fingerprint density at radius 3 is 2.67 bits per heavy atom. The van der Waals surface area contributed by atoms with Gasteiger partial charge < -0.3 is 9.67 Å². The van der Waals surface area contributed by atoms with Gasteiger partial charge in [-0.1, -0.05) is 35.9 Å². The first-order chi connectivity index (χ1) is 13.0. The van der Waals surface area contributed by atoms with Crippen LogP contribution in [0.25, 0.3) is 22.6 Å². The van der Waals surface area contributed by atoms with Crippen molar-refractivity contribution < 1.29 is 9.90 Å². The van der Waals surface area contributed by atoms with Crippen molar-refractivity contribution in [1.29, 1.82) is 0 Å². The highest BCUT2D eigenvalue weighted by atomic mass is 16.4. The molecular weight excluding hydrogens is 338 g/mol. The number of aromatic carboxylic acids is 1. The molecule has 0 aliphatic rings. The Kier molecular flexibility index (Phi) is 4.20. The molecule has 134 valence electrons. The summed E-state index contributed by atoms with van der Waals surface area (Å²) < 4.78 is 2.10. The highest BCUT2D eigenvalue weighted by Gasteiger charge is 2.16. The van der Waals surface area contributed by atoms with E-state index in [0.29, 0.717) is 18.1 Å². The van der Waals surface area contributed by atoms with Crippen molar-refractivity contribution in [2.45, 2.75) is 20.4 Å². The number of rotatable bonds is 4. The molecule has 0 unspecified atom stereocenters. The Bertz CT molecular complexity index is 1160. The predicted octanol–water partition coefficient (Wildman–Crippen LogP) is 4.46. The van der Waals surface area contributed by atoms with E-state index in [-0.39, 0.29) is 5.56 Å². The topological polar surface area (TPSA) is 68.0 Å². The van der Waals surface area contributed by atoms with Crippen LogP contribution in [-0.2, 0) is 6.54 Å². The van der Waals surface area contributed by atoms with Gasteiger partial charge >= 0.3 is 5.97 Å². The molecule has 0 bridgehead atoms. The first-order valence-electron chi connectivity index (χ1n) is 8.74. The minimum absolute atomic E-state index is 0.199. The van der Waals surface area contributed by atoms with Gasteiger partial charge in [0, 0.05) is 12.7 Å². The minimum atomic E-state index is -0.976. The summed E-state index contributed by atoms with van der Waals surface area (Å²) in [6.07, 6.45) is 1.51. The van der Waals surface area contributed by atoms with Crippen LogP contribution in [-0.4, -0.2) is 25.6 Å². The Hall–Kier alpha value is -3.47. The summed E-state index contributed by atoms with van der Waals surface area (Å²) in [4.78, 5) is 20.5. The van der Waals surface area contributed by atoms with Crippen molar-refractivity contribution in [3.05, 3.63) is 83.0 Å². The van der Waals surface area contributed by atoms with E-state index in [1.807, 2.05) is 24.3 Å². The van der Waals surface area contributed by atoms with Crippen LogP contribution < -0.4 is 0 Å². The summed E-state index contributed by atoms with van der Waals surface area (Å²) in [6, 6.07) is 17.4. The average Bonchev–Trinajstić information content (AvgIpc) is 3.03. The van der Waals surface area contributed by atoms with Gasteiger partial charge in [-0.2, -0.15) is 0 Å². The molecule has 2 aromatic heterocycles. The van der Waals surface area contributed by atoms with Crippen LogP contribution >= 0.6 is 0 Å². The SMILES string of the molecule is Cc1ccc(Cn2c(-c3cc(C(=O)O)ccn3)nc3ccccc32)c(C)c1. The van der Waals surface area contributed by atoms with Crippen molar-refractivity contribution in [3.8, 4) is 11.5 Å². The zero-order valence-corrected chi connectivity index (χ0v) is 15.2. The van der Waals surface area contributed by atoms with Gasteiger partial charge in [-0.3, -0.25) is 4.98 Å². The molecule has 5 nitrogen and oxygen atoms in total. The molecule has 0 aliphatic carbocycles. The third-order valence-corrected chi connectivity index (χ3v) is 4.72. The van der Waals surface area contributed by atoms with E-state index in [0.717, 1.165) is 11.0 Å². The number of hydrogen-bond donors (Lipinski definition) is 1. The van der Waals surface area contributed by atoms with Crippen LogP contribution in [0.15, 0.2) is 60.8 Å². The van der Waals surface area contributed by atoms with Crippen molar-refractivity contribution >= 4 is 17.0 Å². The lowest BCUT2D eigenvalue weighted by molar-refractivity contribution is 0.0697. The number of aromatic nitrogens is 3. The number of nitrogens with zero attached hydrogens (tertiary/aromatic N) is 3. The van der Waals surface area contributed by atoms with Crippen molar-refractivity contribution in [1.82, 2.24) is 14.5 Å². The normalized spacial score (nSPS) is 11.0. The molecule has 0 atom stereocenters. The van der Waals surface area contributed by atoms with Crippen LogP contribution in [0, 0.1) is 13.8 Å². The zero-order chi connectivity index (χ0) is 19.0. The fourth-order valence-corrected chi connectivity index (χ4v) is 3.31. The number of benzene rings is 2. The molecule has 0 radical (unpaired) electrons. The maximum absolute atomic E-state index is 11.4. The van der Waals surface area contributed by atoms with E-state index in [1.165, 1.54) is 29.0 Å². The van der Waals surface area contributed by atoms with Crippen LogP contribution in [0.2, 0.25) is 0 Å². The Balaban J connectivity index is 1.89. The number of imidazole rings is 1. The molecule has 2 heterocycles. The summed E-state index contributed by atoms with van der Waals surface area (Å²) in [5, 5.41) is 9.31. The van der Waals surface area contributed by atoms with Gasteiger partial charge in [-0.25, -0.2) is 9.78 Å². The molecule has 0 fully saturated rings. The van der Waals surface area contributed by atoms with Gasteiger partial charge in [-0.05, 0) is 49.2 Å². The molecule has 4 rings (SSSR count). The quantitative estimate of drug-likeness (QED) is 0.585. The van der Waals surface area contributed by atoms with E-state index in [2.05, 4.69) is 41.6 Å². The lowest BCUT2D eigenvalue weighted by Crippen LogP contribution is -2.05. The molecule has 0 amide bonds. The number of carboxylic acid groups (broad SMARTS) is 1. The number of carbonyl (C=O) groups is 1. The standard InChI is InChI=1S/C22H19N3O2/c1-14-7-8-17(15(2)11-14)13-25-20-6-4-3-5-18(20)24-21(25)19-12-16(22(26)27)9-10-23-19/h3-12H,13H2,1-2H3,(H,26,27). The van der Waals surface area contributed by atoms with E-state index in [4.69, 9.17) is 4.98 Å². The van der Waals surface area contributed by atoms with Crippen LogP contribution in [0.1, 0.15) is 27.0 Å². The van der Waals surface area contributed by atoms with Crippen LogP contribution in [0.5, 0.6) is 0 Å². The first kappa shape index (κ1) is 17.0. The minimum Gasteiger partial charge on any atom is -0.478 e. The lowest BCUT2D eigenvalue weighted by Gasteiger charge is -2.12. The van der Waals surface area contributed by atoms with E-state index in [1.54, 1.807) is 6.07 Å². The number of para-hydroxylation sites is 2. The maximum Gasteiger partial charge on any atom is 0.335 e. The lowest BCUT2D eigenvalue weighted by atomic mass is 10.1. The van der Waals surface area contributed by atoms with Crippen molar-refractivity contribution in [3.63, 3.8) is 0 Å². The molecular formula is C22H19N3O2. The first-order valence-corrected chi connectivity index (χ1v) is 8.74. The smallest absolute Gasteiger partial charge is 0.335 e. The van der Waals surface area contributed by atoms with Gasteiger partial charge in [-0.15, -0.1) is 0 Å². The molecule has 2 aromatic carbocycles. The molecule has 0 saturated heterocycles. The van der Waals surface area contributed by atoms with Crippen LogP contribution in [0.4, 0.5) is 0 Å². The molecule has 0 spiro atoms. The molecule has 27 heavy (non-hydrogen) atoms. The highest BCUT2D eigenvalue weighted by Crippen LogP contribution is 2.26. The fraction of sp³-hybridized carbons (Fsp3) is 0.136. The van der Waals surface area contributed by atoms with E-state index < -0.39 is 5.97 Å². The second-order valence-corrected chi connectivity index (χ2v) is 6.68. The number of carboxylic acids is 1. The summed E-state index contributed by atoms with van der Waals surface area (Å²) in [5.74, 6) is -0.310. The van der Waals surface area contributed by atoms with Gasteiger partial charge in [0.15, 0.2) is 5.82 Å². The summed E-state index contributed by atoms with van der Waals surface area (Å²) in [5.41, 5.74) is 6.24. The van der Waals surface area contributed by atoms with E-state index >= 15 is 0 Å². The van der Waals surface area contributed by atoms with Gasteiger partial charge in [0.25, 0.3) is 0 Å². The summed E-state index contributed by atoms with van der Waals surface area (Å²) in [6.45, 7) is 4.82. The number of pyridine rings is 1. The second-order valence-electron chi connectivity index (χ2n) is 6.68. The number of hydrogen-bond acceptors (Lipinski definition) is 3. The van der Waals surface area contributed by atoms with Gasteiger partial charge in [0.05, 0.1) is 16.6 Å². The average molecular weight is 357 g/mol. The molecule has 0 saturated carbocycles. The van der Waals surface area contributed by atoms with Crippen molar-refractivity contribution in [2.75, 3.05) is 0 Å². The second kappa shape index (κ2) is 6.68. The van der Waals surface area contributed by atoms with E-state index in [9.17, 15) is 9.90 Å². The van der Waals surface area contributed by atoms with Crippen molar-refractivity contribution in [2.24, 2.45) is 0 Å². The Labute approximate surface area is 157 Å². The van der Waals surface area contributed by atoms with Gasteiger partial charge in [0.2, 0.25) is 0 Å². The van der Waals surface area contributed by atoms with Gasteiger partial charge in [0.1, 0.15) is 5.69 Å². The van der Waals surface area contributed by atoms with Crippen LogP contribution in [0.3, 0.4) is 0 Å². The molecule has 0 aliphatic heterocycles. The maximum atomic E-state index is 11.4. The number of aryl methyl sites for hydroxylation is 2. The Morgan fingerprint density at radius 1 is 1.07 bits per heavy atom. The zero-order valence-electron chi connectivity index (χ0n) is 15.2. The summed E-state index contributed by atoms with van der Waals surface area (Å²) in [7, 11) is 0. The highest BCUT2D eigenvalue weighted by molar-refractivity contribution is 5.89. The molecule has 5 heteroatoms. The fourth-order valence-electron chi connectivity index (χ4n) is 3.31. The molecule has 1 N–H and O–H groups in total. The third-order valence-electron chi connectivity index (χ3n) is 4.72. The predicted molar refractivity (Wildman–Crippen MR) is 105 cm³/mol. The summed E-state index contributed by atoms with van der Waals surface area (Å²) >= 11 is 0. The number of fused-ring (bicyclic) bond motifs is 1. The Morgan fingerprint density at radius 2 is 1.89 bits per heavy atom. The largest absolute Gasteiger partial charge is 0.478 e.